The lowest BCUT2D eigenvalue weighted by atomic mass is 10.1. The first-order valence-corrected chi connectivity index (χ1v) is 9.93. The van der Waals surface area contributed by atoms with Gasteiger partial charge in [0.05, 0.1) is 22.3 Å². The van der Waals surface area contributed by atoms with Gasteiger partial charge >= 0.3 is 42.5 Å². The first-order valence-electron chi connectivity index (χ1n) is 9.93. The number of ether oxygens (including phenoxy) is 2. The standard InChI is InChI=1S/C21H6F18O2/c22-15(23)13(40-11-3-7(17(26,27)28)1-8(4-11)18(29,30)31)14(16(24,25)21(15,38)39)41-12-5-9(19(32,33)34)2-10(6-12)20(35,36)37/h1-6H. The van der Waals surface area contributed by atoms with Crippen LogP contribution in [0.15, 0.2) is 47.9 Å². The quantitative estimate of drug-likeness (QED) is 0.313. The summed E-state index contributed by atoms with van der Waals surface area (Å²) >= 11 is 0. The van der Waals surface area contributed by atoms with Crippen LogP contribution in [0.2, 0.25) is 0 Å². The molecule has 0 aromatic heterocycles. The number of rotatable bonds is 4. The highest BCUT2D eigenvalue weighted by Crippen LogP contribution is 2.60. The zero-order valence-electron chi connectivity index (χ0n) is 18.6. The summed E-state index contributed by atoms with van der Waals surface area (Å²) < 4.78 is 250. The van der Waals surface area contributed by atoms with Gasteiger partial charge < -0.3 is 9.47 Å². The van der Waals surface area contributed by atoms with E-state index in [0.717, 1.165) is 0 Å². The maximum Gasteiger partial charge on any atom is 0.416 e. The highest BCUT2D eigenvalue weighted by Gasteiger charge is 2.83. The van der Waals surface area contributed by atoms with E-state index in [1.165, 1.54) is 0 Å². The summed E-state index contributed by atoms with van der Waals surface area (Å²) in [7, 11) is 0. The number of hydrogen-bond acceptors (Lipinski definition) is 2. The Bertz CT molecular complexity index is 1190. The second-order valence-corrected chi connectivity index (χ2v) is 8.07. The summed E-state index contributed by atoms with van der Waals surface area (Å²) in [6.07, 6.45) is -22.8. The van der Waals surface area contributed by atoms with Gasteiger partial charge in [0, 0.05) is 0 Å². The molecule has 0 radical (unpaired) electrons. The Morgan fingerprint density at radius 1 is 0.390 bits per heavy atom. The van der Waals surface area contributed by atoms with E-state index in [2.05, 4.69) is 9.47 Å². The lowest BCUT2D eigenvalue weighted by molar-refractivity contribution is -0.273. The van der Waals surface area contributed by atoms with Crippen molar-refractivity contribution in [2.24, 2.45) is 0 Å². The lowest BCUT2D eigenvalue weighted by Crippen LogP contribution is -2.50. The molecule has 2 nitrogen and oxygen atoms in total. The van der Waals surface area contributed by atoms with Gasteiger partial charge in [-0.15, -0.1) is 0 Å². The molecule has 0 amide bonds. The number of benzene rings is 2. The predicted molar refractivity (Wildman–Crippen MR) is 96.0 cm³/mol. The number of hydrogen-bond donors (Lipinski definition) is 0. The van der Waals surface area contributed by atoms with E-state index in [1.807, 2.05) is 0 Å². The molecule has 1 aliphatic carbocycles. The van der Waals surface area contributed by atoms with Gasteiger partial charge in [-0.2, -0.15) is 79.0 Å². The molecule has 228 valence electrons. The summed E-state index contributed by atoms with van der Waals surface area (Å²) in [4.78, 5) is 0. The van der Waals surface area contributed by atoms with Crippen molar-refractivity contribution in [3.63, 3.8) is 0 Å². The highest BCUT2D eigenvalue weighted by atomic mass is 19.4. The van der Waals surface area contributed by atoms with Gasteiger partial charge in [0.1, 0.15) is 11.5 Å². The van der Waals surface area contributed by atoms with Crippen LogP contribution in [-0.2, 0) is 24.7 Å². The second-order valence-electron chi connectivity index (χ2n) is 8.07. The third-order valence-electron chi connectivity index (χ3n) is 5.13. The molecule has 0 N–H and O–H groups in total. The van der Waals surface area contributed by atoms with Crippen molar-refractivity contribution in [2.75, 3.05) is 0 Å². The Morgan fingerprint density at radius 3 is 0.805 bits per heavy atom. The van der Waals surface area contributed by atoms with Crippen molar-refractivity contribution >= 4 is 0 Å². The minimum absolute atomic E-state index is 0.517. The molecular formula is C21H6F18O2. The molecule has 0 spiro atoms. The summed E-state index contributed by atoms with van der Waals surface area (Å²) in [5, 5.41) is 0. The first kappa shape index (κ1) is 32.0. The van der Waals surface area contributed by atoms with Gasteiger partial charge in [-0.3, -0.25) is 0 Å². The molecule has 0 saturated carbocycles. The Labute approximate surface area is 213 Å². The molecule has 0 aliphatic heterocycles. The molecule has 0 unspecified atom stereocenters. The van der Waals surface area contributed by atoms with E-state index in [4.69, 9.17) is 0 Å². The minimum Gasteiger partial charge on any atom is -0.451 e. The average Bonchev–Trinajstić information content (AvgIpc) is 2.86. The molecule has 1 aliphatic rings. The summed E-state index contributed by atoms with van der Waals surface area (Å²) in [6, 6.07) is -3.27. The third-order valence-corrected chi connectivity index (χ3v) is 5.13. The van der Waals surface area contributed by atoms with E-state index in [-0.39, 0.29) is 0 Å². The molecule has 20 heteroatoms. The molecule has 0 atom stereocenters. The van der Waals surface area contributed by atoms with E-state index < -0.39 is 124 Å². The van der Waals surface area contributed by atoms with E-state index in [1.54, 1.807) is 0 Å². The van der Waals surface area contributed by atoms with Crippen LogP contribution in [0.5, 0.6) is 11.5 Å². The molecule has 0 heterocycles. The van der Waals surface area contributed by atoms with Crippen LogP contribution in [0.3, 0.4) is 0 Å². The predicted octanol–water partition coefficient (Wildman–Crippen LogP) is 9.35. The van der Waals surface area contributed by atoms with Crippen LogP contribution in [-0.4, -0.2) is 17.8 Å². The summed E-state index contributed by atoms with van der Waals surface area (Å²) in [6.45, 7) is 0. The van der Waals surface area contributed by atoms with Gasteiger partial charge in [-0.1, -0.05) is 0 Å². The second kappa shape index (κ2) is 9.27. The van der Waals surface area contributed by atoms with Crippen LogP contribution in [0, 0.1) is 0 Å². The van der Waals surface area contributed by atoms with Crippen molar-refractivity contribution in [1.82, 2.24) is 0 Å². The molecular weight excluding hydrogens is 626 g/mol. The summed E-state index contributed by atoms with van der Waals surface area (Å²) in [5.74, 6) is -29.9. The van der Waals surface area contributed by atoms with Crippen LogP contribution in [0.1, 0.15) is 22.3 Å². The van der Waals surface area contributed by atoms with Gasteiger partial charge in [-0.25, -0.2) is 0 Å². The van der Waals surface area contributed by atoms with E-state index >= 15 is 0 Å². The van der Waals surface area contributed by atoms with Crippen LogP contribution in [0.25, 0.3) is 0 Å². The van der Waals surface area contributed by atoms with Gasteiger partial charge in [0.15, 0.2) is 0 Å². The van der Waals surface area contributed by atoms with Crippen LogP contribution >= 0.6 is 0 Å². The normalized spacial score (nSPS) is 19.0. The average molecular weight is 632 g/mol. The molecule has 2 aromatic rings. The van der Waals surface area contributed by atoms with Gasteiger partial charge in [0.2, 0.25) is 11.5 Å². The van der Waals surface area contributed by atoms with Crippen molar-refractivity contribution < 1.29 is 88.5 Å². The molecule has 41 heavy (non-hydrogen) atoms. The first-order chi connectivity index (χ1) is 18.1. The number of allylic oxidation sites excluding steroid dienone is 2. The minimum atomic E-state index is -6.67. The fourth-order valence-electron chi connectivity index (χ4n) is 3.19. The molecule has 2 aromatic carbocycles. The van der Waals surface area contributed by atoms with Crippen molar-refractivity contribution in [2.45, 2.75) is 42.5 Å². The van der Waals surface area contributed by atoms with Gasteiger partial charge in [-0.05, 0) is 36.4 Å². The van der Waals surface area contributed by atoms with E-state index in [9.17, 15) is 79.0 Å². The highest BCUT2D eigenvalue weighted by molar-refractivity contribution is 5.44. The Morgan fingerprint density at radius 2 is 0.610 bits per heavy atom. The molecule has 0 saturated heterocycles. The zero-order chi connectivity index (χ0) is 31.8. The van der Waals surface area contributed by atoms with Crippen LogP contribution < -0.4 is 9.47 Å². The maximum atomic E-state index is 14.4. The summed E-state index contributed by atoms with van der Waals surface area (Å²) in [5.41, 5.74) is -9.23. The Kier molecular flexibility index (Phi) is 7.24. The number of alkyl halides is 18. The largest absolute Gasteiger partial charge is 0.451 e. The molecule has 3 rings (SSSR count). The fourth-order valence-corrected chi connectivity index (χ4v) is 3.19. The van der Waals surface area contributed by atoms with Crippen molar-refractivity contribution in [1.29, 1.82) is 0 Å². The number of halogens is 18. The molecule has 0 fully saturated rings. The monoisotopic (exact) mass is 632 g/mol. The Hall–Kier alpha value is -3.48. The zero-order valence-corrected chi connectivity index (χ0v) is 18.6. The van der Waals surface area contributed by atoms with Crippen molar-refractivity contribution in [3.05, 3.63) is 70.2 Å². The lowest BCUT2D eigenvalue weighted by Gasteiger charge is -2.24. The maximum absolute atomic E-state index is 14.4. The fraction of sp³-hybridized carbons (Fsp3) is 0.333. The third kappa shape index (κ3) is 5.81. The van der Waals surface area contributed by atoms with Gasteiger partial charge in [0.25, 0.3) is 0 Å². The SMILES string of the molecule is FC(F)(F)c1cc(OC2=C(Oc3cc(C(F)(F)F)cc(C(F)(F)F)c3)C(F)(F)C(F)(F)C2(F)F)cc(C(F)(F)F)c1. The smallest absolute Gasteiger partial charge is 0.416 e. The molecule has 0 bridgehead atoms. The topological polar surface area (TPSA) is 18.5 Å². The van der Waals surface area contributed by atoms with Crippen LogP contribution in [0.4, 0.5) is 79.0 Å². The van der Waals surface area contributed by atoms with E-state index in [0.29, 0.717) is 0 Å². The Balaban J connectivity index is 2.29. The van der Waals surface area contributed by atoms with Crippen molar-refractivity contribution in [3.8, 4) is 11.5 Å².